The fraction of sp³-hybridized carbons (Fsp3) is 0.333. The molecular weight excluding hydrogens is 284 g/mol. The van der Waals surface area contributed by atoms with E-state index in [2.05, 4.69) is 17.0 Å². The van der Waals surface area contributed by atoms with Crippen LogP contribution in [0.2, 0.25) is 0 Å². The van der Waals surface area contributed by atoms with Gasteiger partial charge in [0, 0.05) is 7.05 Å². The number of benzene rings is 1. The third kappa shape index (κ3) is 2.35. The first kappa shape index (κ1) is 13.9. The number of aromatic amines is 1. The summed E-state index contributed by atoms with van der Waals surface area (Å²) >= 11 is 5.45. The fourth-order valence-electron chi connectivity index (χ4n) is 2.46. The van der Waals surface area contributed by atoms with Crippen molar-refractivity contribution in [1.29, 1.82) is 0 Å². The van der Waals surface area contributed by atoms with Gasteiger partial charge >= 0.3 is 0 Å². The number of ether oxygens (including phenoxy) is 1. The predicted octanol–water partition coefficient (Wildman–Crippen LogP) is 3.52. The van der Waals surface area contributed by atoms with Crippen LogP contribution in [0.5, 0.6) is 5.75 Å². The number of nitrogens with one attached hydrogen (secondary N) is 1. The van der Waals surface area contributed by atoms with E-state index >= 15 is 0 Å². The highest BCUT2D eigenvalue weighted by Crippen LogP contribution is 2.23. The molecule has 0 spiro atoms. The first-order valence-electron chi connectivity index (χ1n) is 6.99. The molecule has 2 aromatic heterocycles. The number of aryl methyl sites for hydroxylation is 2. The minimum atomic E-state index is 0.670. The van der Waals surface area contributed by atoms with E-state index in [0.717, 1.165) is 41.3 Å². The summed E-state index contributed by atoms with van der Waals surface area (Å²) in [6, 6.07) is 7.95. The second-order valence-corrected chi connectivity index (χ2v) is 5.40. The summed E-state index contributed by atoms with van der Waals surface area (Å²) < 4.78 is 10.1. The van der Waals surface area contributed by atoms with Gasteiger partial charge in [-0.15, -0.1) is 0 Å². The zero-order chi connectivity index (χ0) is 15.0. The number of hydrogen-bond acceptors (Lipinski definition) is 3. The Balaban J connectivity index is 2.08. The fourth-order valence-corrected chi connectivity index (χ4v) is 2.75. The zero-order valence-corrected chi connectivity index (χ0v) is 13.2. The van der Waals surface area contributed by atoms with Gasteiger partial charge in [0.05, 0.1) is 18.0 Å². The maximum atomic E-state index is 5.61. The van der Waals surface area contributed by atoms with Crippen molar-refractivity contribution in [2.45, 2.75) is 20.3 Å². The lowest BCUT2D eigenvalue weighted by Gasteiger charge is -2.07. The zero-order valence-electron chi connectivity index (χ0n) is 12.4. The quantitative estimate of drug-likeness (QED) is 0.750. The molecule has 0 aliphatic heterocycles. The standard InChI is InChI=1S/C15H18N4OS/c1-4-9-20-12-7-5-11(6-8-12)19-14-13(16-15(19)21)10(2)17-18(14)3/h5-8H,4,9H2,1-3H3,(H,16,21). The first-order chi connectivity index (χ1) is 10.1. The van der Waals surface area contributed by atoms with Crippen LogP contribution < -0.4 is 4.74 Å². The molecule has 0 saturated carbocycles. The molecule has 0 radical (unpaired) electrons. The Kier molecular flexibility index (Phi) is 3.55. The van der Waals surface area contributed by atoms with Gasteiger partial charge in [0.25, 0.3) is 0 Å². The highest BCUT2D eigenvalue weighted by Gasteiger charge is 2.13. The van der Waals surface area contributed by atoms with Crippen molar-refractivity contribution < 1.29 is 4.74 Å². The Morgan fingerprint density at radius 1 is 1.29 bits per heavy atom. The highest BCUT2D eigenvalue weighted by molar-refractivity contribution is 7.71. The van der Waals surface area contributed by atoms with Crippen LogP contribution in [0.25, 0.3) is 16.9 Å². The number of fused-ring (bicyclic) bond motifs is 1. The number of H-pyrrole nitrogens is 1. The number of hydrogen-bond donors (Lipinski definition) is 1. The molecule has 1 aromatic carbocycles. The summed E-state index contributed by atoms with van der Waals surface area (Å²) in [5, 5.41) is 4.43. The van der Waals surface area contributed by atoms with Crippen LogP contribution in [0.1, 0.15) is 19.0 Å². The monoisotopic (exact) mass is 302 g/mol. The Bertz CT molecular complexity index is 826. The number of nitrogens with zero attached hydrogens (tertiary/aromatic N) is 3. The normalized spacial score (nSPS) is 11.2. The molecule has 0 amide bonds. The summed E-state index contributed by atoms with van der Waals surface area (Å²) in [6.45, 7) is 4.79. The summed E-state index contributed by atoms with van der Waals surface area (Å²) in [6.07, 6.45) is 1.000. The van der Waals surface area contributed by atoms with E-state index in [1.165, 1.54) is 0 Å². The Morgan fingerprint density at radius 3 is 2.67 bits per heavy atom. The molecule has 0 bridgehead atoms. The molecule has 0 saturated heterocycles. The van der Waals surface area contributed by atoms with E-state index in [-0.39, 0.29) is 0 Å². The topological polar surface area (TPSA) is 47.8 Å². The van der Waals surface area contributed by atoms with Crippen LogP contribution in [0.3, 0.4) is 0 Å². The summed E-state index contributed by atoms with van der Waals surface area (Å²) in [7, 11) is 1.92. The van der Waals surface area contributed by atoms with Crippen LogP contribution >= 0.6 is 12.2 Å². The van der Waals surface area contributed by atoms with Crippen molar-refractivity contribution in [2.24, 2.45) is 7.05 Å². The average molecular weight is 302 g/mol. The molecule has 0 atom stereocenters. The molecule has 3 rings (SSSR count). The van der Waals surface area contributed by atoms with Crippen molar-refractivity contribution in [2.75, 3.05) is 6.61 Å². The van der Waals surface area contributed by atoms with Gasteiger partial charge in [-0.2, -0.15) is 5.10 Å². The van der Waals surface area contributed by atoms with E-state index in [4.69, 9.17) is 17.0 Å². The molecule has 6 heteroatoms. The molecule has 1 N–H and O–H groups in total. The minimum absolute atomic E-state index is 0.670. The largest absolute Gasteiger partial charge is 0.494 e. The summed E-state index contributed by atoms with van der Waals surface area (Å²) in [4.78, 5) is 3.23. The van der Waals surface area contributed by atoms with Gasteiger partial charge in [-0.25, -0.2) is 4.68 Å². The van der Waals surface area contributed by atoms with Crippen molar-refractivity contribution in [3.63, 3.8) is 0 Å². The lowest BCUT2D eigenvalue weighted by atomic mass is 10.3. The van der Waals surface area contributed by atoms with Gasteiger partial charge in [-0.3, -0.25) is 4.57 Å². The number of aromatic nitrogens is 4. The number of rotatable bonds is 4. The Morgan fingerprint density at radius 2 is 2.00 bits per heavy atom. The summed E-state index contributed by atoms with van der Waals surface area (Å²) in [5.41, 5.74) is 3.90. The van der Waals surface area contributed by atoms with Gasteiger partial charge in [-0.05, 0) is 49.8 Å². The molecular formula is C15H18N4OS. The van der Waals surface area contributed by atoms with Crippen LogP contribution in [0.15, 0.2) is 24.3 Å². The van der Waals surface area contributed by atoms with Crippen molar-refractivity contribution in [3.8, 4) is 11.4 Å². The predicted molar refractivity (Wildman–Crippen MR) is 85.7 cm³/mol. The summed E-state index contributed by atoms with van der Waals surface area (Å²) in [5.74, 6) is 0.875. The second kappa shape index (κ2) is 5.37. The molecule has 2 heterocycles. The third-order valence-electron chi connectivity index (χ3n) is 3.41. The lowest BCUT2D eigenvalue weighted by Crippen LogP contribution is -2.01. The lowest BCUT2D eigenvalue weighted by molar-refractivity contribution is 0.317. The van der Waals surface area contributed by atoms with Crippen LogP contribution in [0.4, 0.5) is 0 Å². The van der Waals surface area contributed by atoms with Crippen LogP contribution in [-0.4, -0.2) is 25.9 Å². The van der Waals surface area contributed by atoms with Gasteiger partial charge in [0.15, 0.2) is 10.4 Å². The molecule has 0 fully saturated rings. The van der Waals surface area contributed by atoms with E-state index in [1.807, 2.05) is 47.5 Å². The van der Waals surface area contributed by atoms with Gasteiger partial charge in [0.1, 0.15) is 11.3 Å². The molecule has 5 nitrogen and oxygen atoms in total. The van der Waals surface area contributed by atoms with E-state index in [9.17, 15) is 0 Å². The molecule has 0 unspecified atom stereocenters. The molecule has 110 valence electrons. The van der Waals surface area contributed by atoms with E-state index in [1.54, 1.807) is 0 Å². The molecule has 0 aliphatic rings. The van der Waals surface area contributed by atoms with Crippen molar-refractivity contribution >= 4 is 23.4 Å². The van der Waals surface area contributed by atoms with Crippen LogP contribution in [-0.2, 0) is 7.05 Å². The molecule has 3 aromatic rings. The van der Waals surface area contributed by atoms with Crippen molar-refractivity contribution in [1.82, 2.24) is 19.3 Å². The van der Waals surface area contributed by atoms with Gasteiger partial charge in [0.2, 0.25) is 0 Å². The Hall–Kier alpha value is -2.08. The maximum absolute atomic E-state index is 5.61. The average Bonchev–Trinajstić information content (AvgIpc) is 2.95. The second-order valence-electron chi connectivity index (χ2n) is 5.02. The SMILES string of the molecule is CCCOc1ccc(-n2c(=S)[nH]c3c(C)nn(C)c32)cc1. The molecule has 0 aliphatic carbocycles. The molecule has 21 heavy (non-hydrogen) atoms. The number of imidazole rings is 1. The highest BCUT2D eigenvalue weighted by atomic mass is 32.1. The van der Waals surface area contributed by atoms with Gasteiger partial charge < -0.3 is 9.72 Å². The Labute approximate surface area is 128 Å². The first-order valence-corrected chi connectivity index (χ1v) is 7.40. The van der Waals surface area contributed by atoms with E-state index in [0.29, 0.717) is 4.77 Å². The minimum Gasteiger partial charge on any atom is -0.494 e. The van der Waals surface area contributed by atoms with E-state index < -0.39 is 0 Å². The van der Waals surface area contributed by atoms with Gasteiger partial charge in [-0.1, -0.05) is 6.92 Å². The van der Waals surface area contributed by atoms with Crippen LogP contribution in [0, 0.1) is 11.7 Å². The maximum Gasteiger partial charge on any atom is 0.184 e. The smallest absolute Gasteiger partial charge is 0.184 e. The van der Waals surface area contributed by atoms with Crippen molar-refractivity contribution in [3.05, 3.63) is 34.7 Å². The third-order valence-corrected chi connectivity index (χ3v) is 3.69.